The molecule has 0 bridgehead atoms. The Hall–Kier alpha value is -1.85. The van der Waals surface area contributed by atoms with Crippen LogP contribution >= 0.6 is 11.6 Å². The van der Waals surface area contributed by atoms with Gasteiger partial charge in [-0.25, -0.2) is 4.99 Å². The molecular formula is C17H20ClN5. The van der Waals surface area contributed by atoms with E-state index in [0.29, 0.717) is 0 Å². The summed E-state index contributed by atoms with van der Waals surface area (Å²) in [5.41, 5.74) is 4.52. The summed E-state index contributed by atoms with van der Waals surface area (Å²) in [5, 5.41) is 0.741. The van der Waals surface area contributed by atoms with Crippen LogP contribution in [0.2, 0.25) is 5.02 Å². The number of hydrogen-bond donors (Lipinski definition) is 0. The fourth-order valence-corrected chi connectivity index (χ4v) is 3.47. The number of hydrogen-bond acceptors (Lipinski definition) is 5. The van der Waals surface area contributed by atoms with Gasteiger partial charge in [0.1, 0.15) is 0 Å². The standard InChI is InChI=1S/C17H20ClN5/c1-12-10-19-11-23-16(12)14-9-13(18)3-4-15(14)20-17(23)22-7-5-21(2)6-8-22/h3-4,9,11H,5-8,10H2,1-2H3. The summed E-state index contributed by atoms with van der Waals surface area (Å²) >= 11 is 6.22. The normalized spacial score (nSPS) is 21.3. The summed E-state index contributed by atoms with van der Waals surface area (Å²) in [6, 6.07) is 5.93. The van der Waals surface area contributed by atoms with E-state index in [0.717, 1.165) is 55.0 Å². The van der Waals surface area contributed by atoms with E-state index in [4.69, 9.17) is 16.6 Å². The van der Waals surface area contributed by atoms with Crippen LogP contribution in [0.1, 0.15) is 12.5 Å². The van der Waals surface area contributed by atoms with E-state index >= 15 is 0 Å². The van der Waals surface area contributed by atoms with Crippen molar-refractivity contribution in [2.75, 3.05) is 39.8 Å². The minimum Gasteiger partial charge on any atom is -0.339 e. The Kier molecular flexibility index (Phi) is 3.62. The van der Waals surface area contributed by atoms with Crippen molar-refractivity contribution >= 4 is 35.3 Å². The Morgan fingerprint density at radius 2 is 1.91 bits per heavy atom. The molecule has 0 spiro atoms. The minimum absolute atomic E-state index is 0.730. The van der Waals surface area contributed by atoms with Crippen LogP contribution < -0.4 is 0 Å². The van der Waals surface area contributed by atoms with Crippen molar-refractivity contribution in [1.29, 1.82) is 0 Å². The van der Waals surface area contributed by atoms with Crippen molar-refractivity contribution in [3.05, 3.63) is 34.4 Å². The van der Waals surface area contributed by atoms with E-state index in [1.54, 1.807) is 0 Å². The first-order chi connectivity index (χ1) is 11.1. The van der Waals surface area contributed by atoms with Crippen molar-refractivity contribution in [3.63, 3.8) is 0 Å². The SMILES string of the molecule is CC1=C2c3cc(Cl)ccc3N=C(N3CCN(C)CC3)N2C=NC1. The molecule has 3 aliphatic rings. The summed E-state index contributed by atoms with van der Waals surface area (Å²) < 4.78 is 0. The third-order valence-corrected chi connectivity index (χ3v) is 4.84. The van der Waals surface area contributed by atoms with Crippen molar-refractivity contribution in [2.45, 2.75) is 6.92 Å². The second kappa shape index (κ2) is 5.65. The smallest absolute Gasteiger partial charge is 0.211 e. The first-order valence-electron chi connectivity index (χ1n) is 7.94. The summed E-state index contributed by atoms with van der Waals surface area (Å²) in [6.07, 6.45) is 1.91. The third-order valence-electron chi connectivity index (χ3n) is 4.61. The predicted octanol–water partition coefficient (Wildman–Crippen LogP) is 2.66. The lowest BCUT2D eigenvalue weighted by molar-refractivity contribution is 0.208. The number of likely N-dealkylation sites (N-methyl/N-ethyl adjacent to an activating group) is 1. The van der Waals surface area contributed by atoms with Crippen LogP contribution in [0.15, 0.2) is 33.8 Å². The molecule has 6 heteroatoms. The molecule has 3 aliphatic heterocycles. The van der Waals surface area contributed by atoms with Gasteiger partial charge in [-0.1, -0.05) is 11.6 Å². The van der Waals surface area contributed by atoms with Gasteiger partial charge in [-0.05, 0) is 37.7 Å². The Morgan fingerprint density at radius 3 is 2.70 bits per heavy atom. The van der Waals surface area contributed by atoms with Gasteiger partial charge in [0.25, 0.3) is 0 Å². The Bertz CT molecular complexity index is 728. The second-order valence-electron chi connectivity index (χ2n) is 6.32. The molecule has 0 aromatic heterocycles. The van der Waals surface area contributed by atoms with Crippen molar-refractivity contribution in [1.82, 2.24) is 14.7 Å². The quantitative estimate of drug-likeness (QED) is 0.734. The van der Waals surface area contributed by atoms with Gasteiger partial charge in [-0.2, -0.15) is 0 Å². The number of benzene rings is 1. The molecule has 4 rings (SSSR count). The first kappa shape index (κ1) is 14.7. The van der Waals surface area contributed by atoms with Crippen molar-refractivity contribution in [3.8, 4) is 0 Å². The highest BCUT2D eigenvalue weighted by Gasteiger charge is 2.31. The summed E-state index contributed by atoms with van der Waals surface area (Å²) in [5.74, 6) is 0.978. The zero-order chi connectivity index (χ0) is 16.0. The molecule has 0 N–H and O–H groups in total. The third kappa shape index (κ3) is 2.54. The van der Waals surface area contributed by atoms with Gasteiger partial charge >= 0.3 is 0 Å². The van der Waals surface area contributed by atoms with Crippen molar-refractivity contribution in [2.24, 2.45) is 9.98 Å². The number of nitrogens with zero attached hydrogens (tertiary/aromatic N) is 5. The molecule has 3 heterocycles. The number of guanidine groups is 1. The maximum atomic E-state index is 6.22. The van der Waals surface area contributed by atoms with Crippen LogP contribution in [0.4, 0.5) is 5.69 Å². The van der Waals surface area contributed by atoms with E-state index < -0.39 is 0 Å². The van der Waals surface area contributed by atoms with Crippen LogP contribution in [0.5, 0.6) is 0 Å². The molecule has 0 aliphatic carbocycles. The minimum atomic E-state index is 0.730. The molecule has 120 valence electrons. The van der Waals surface area contributed by atoms with E-state index in [9.17, 15) is 0 Å². The molecule has 0 amide bonds. The predicted molar refractivity (Wildman–Crippen MR) is 95.4 cm³/mol. The number of aliphatic imine (C=N–C) groups is 2. The van der Waals surface area contributed by atoms with E-state index in [1.165, 1.54) is 11.3 Å². The lowest BCUT2D eigenvalue weighted by Gasteiger charge is -2.41. The Labute approximate surface area is 141 Å². The van der Waals surface area contributed by atoms with E-state index in [1.807, 2.05) is 24.5 Å². The highest BCUT2D eigenvalue weighted by atomic mass is 35.5. The first-order valence-corrected chi connectivity index (χ1v) is 8.32. The van der Waals surface area contributed by atoms with Crippen LogP contribution in [0.25, 0.3) is 5.70 Å². The molecule has 0 saturated carbocycles. The molecule has 0 unspecified atom stereocenters. The van der Waals surface area contributed by atoms with E-state index in [-0.39, 0.29) is 0 Å². The maximum Gasteiger partial charge on any atom is 0.211 e. The van der Waals surface area contributed by atoms with Crippen LogP contribution in [-0.4, -0.2) is 66.8 Å². The van der Waals surface area contributed by atoms with E-state index in [2.05, 4.69) is 33.7 Å². The second-order valence-corrected chi connectivity index (χ2v) is 6.76. The molecule has 0 atom stereocenters. The molecule has 1 aromatic rings. The van der Waals surface area contributed by atoms with Gasteiger partial charge in [0.05, 0.1) is 24.3 Å². The number of rotatable bonds is 0. The molecule has 1 saturated heterocycles. The number of piperazine rings is 1. The fraction of sp³-hybridized carbons (Fsp3) is 0.412. The average molecular weight is 330 g/mol. The molecule has 1 fully saturated rings. The number of halogens is 1. The monoisotopic (exact) mass is 329 g/mol. The largest absolute Gasteiger partial charge is 0.339 e. The lowest BCUT2D eigenvalue weighted by Crippen LogP contribution is -2.53. The topological polar surface area (TPSA) is 34.4 Å². The van der Waals surface area contributed by atoms with Gasteiger partial charge in [0.2, 0.25) is 5.96 Å². The van der Waals surface area contributed by atoms with Gasteiger partial charge in [0.15, 0.2) is 0 Å². The maximum absolute atomic E-state index is 6.22. The van der Waals surface area contributed by atoms with Crippen LogP contribution in [-0.2, 0) is 0 Å². The summed E-state index contributed by atoms with van der Waals surface area (Å²) in [6.45, 7) is 6.93. The van der Waals surface area contributed by atoms with Crippen LogP contribution in [0.3, 0.4) is 0 Å². The molecular weight excluding hydrogens is 310 g/mol. The summed E-state index contributed by atoms with van der Waals surface area (Å²) in [7, 11) is 2.16. The van der Waals surface area contributed by atoms with Gasteiger partial charge in [-0.15, -0.1) is 0 Å². The lowest BCUT2D eigenvalue weighted by atomic mass is 10.0. The molecule has 5 nitrogen and oxygen atoms in total. The zero-order valence-electron chi connectivity index (χ0n) is 13.5. The van der Waals surface area contributed by atoms with Crippen LogP contribution in [0, 0.1) is 0 Å². The molecule has 23 heavy (non-hydrogen) atoms. The highest BCUT2D eigenvalue weighted by molar-refractivity contribution is 6.31. The Morgan fingerprint density at radius 1 is 1.13 bits per heavy atom. The molecule has 0 radical (unpaired) electrons. The highest BCUT2D eigenvalue weighted by Crippen LogP contribution is 2.38. The average Bonchev–Trinajstić information content (AvgIpc) is 2.55. The summed E-state index contributed by atoms with van der Waals surface area (Å²) in [4.78, 5) is 16.2. The molecule has 1 aromatic carbocycles. The zero-order valence-corrected chi connectivity index (χ0v) is 14.2. The van der Waals surface area contributed by atoms with Gasteiger partial charge < -0.3 is 9.80 Å². The van der Waals surface area contributed by atoms with Gasteiger partial charge in [-0.3, -0.25) is 9.89 Å². The number of fused-ring (bicyclic) bond motifs is 3. The fourth-order valence-electron chi connectivity index (χ4n) is 3.30. The Balaban J connectivity index is 1.81. The van der Waals surface area contributed by atoms with Gasteiger partial charge in [0, 0.05) is 36.8 Å². The van der Waals surface area contributed by atoms with Crippen molar-refractivity contribution < 1.29 is 0 Å².